The van der Waals surface area contributed by atoms with E-state index in [1.54, 1.807) is 0 Å². The van der Waals surface area contributed by atoms with Gasteiger partial charge in [0.15, 0.2) is 0 Å². The third kappa shape index (κ3) is 3.52. The van der Waals surface area contributed by atoms with Gasteiger partial charge in [-0.15, -0.1) is 0 Å². The Bertz CT molecular complexity index is 379. The van der Waals surface area contributed by atoms with Gasteiger partial charge in [0, 0.05) is 21.6 Å². The maximum Gasteiger partial charge on any atom is 0.127 e. The van der Waals surface area contributed by atoms with Crippen LogP contribution < -0.4 is 10.5 Å². The van der Waals surface area contributed by atoms with E-state index in [0.717, 1.165) is 21.3 Å². The number of ether oxygens (including phenoxy) is 1. The summed E-state index contributed by atoms with van der Waals surface area (Å²) in [5.74, 6) is 0.794. The quantitative estimate of drug-likeness (QED) is 0.923. The molecule has 1 aromatic carbocycles. The van der Waals surface area contributed by atoms with Crippen LogP contribution in [0, 0.1) is 6.92 Å². The molecule has 0 spiro atoms. The van der Waals surface area contributed by atoms with Gasteiger partial charge in [-0.3, -0.25) is 0 Å². The van der Waals surface area contributed by atoms with E-state index in [2.05, 4.69) is 22.5 Å². The van der Waals surface area contributed by atoms with Crippen LogP contribution in [0.1, 0.15) is 11.1 Å². The molecule has 0 saturated carbocycles. The Labute approximate surface area is 103 Å². The molecule has 0 saturated heterocycles. The molecule has 4 heteroatoms. The van der Waals surface area contributed by atoms with Crippen LogP contribution in [0.2, 0.25) is 0 Å². The van der Waals surface area contributed by atoms with Gasteiger partial charge in [0.1, 0.15) is 12.4 Å². The molecule has 0 aromatic heterocycles. The fraction of sp³-hybridized carbons (Fsp3) is 0.273. The van der Waals surface area contributed by atoms with Crippen molar-refractivity contribution in [1.82, 2.24) is 0 Å². The van der Waals surface area contributed by atoms with Crippen molar-refractivity contribution in [2.75, 3.05) is 6.61 Å². The fourth-order valence-corrected chi connectivity index (χ4v) is 1.98. The molecule has 0 amide bonds. The molecular weight excluding hydrogens is 277 g/mol. The first kappa shape index (κ1) is 12.6. The lowest BCUT2D eigenvalue weighted by molar-refractivity contribution is 0.353. The molecule has 1 rings (SSSR count). The van der Waals surface area contributed by atoms with Gasteiger partial charge in [-0.1, -0.05) is 34.1 Å². The normalized spacial score (nSPS) is 10.1. The lowest BCUT2D eigenvalue weighted by Gasteiger charge is -2.13. The van der Waals surface area contributed by atoms with Gasteiger partial charge in [-0.05, 0) is 24.6 Å². The highest BCUT2D eigenvalue weighted by Gasteiger charge is 2.07. The Balaban J connectivity index is 2.98. The van der Waals surface area contributed by atoms with Crippen molar-refractivity contribution in [3.05, 3.63) is 39.3 Å². The second-order valence-electron chi connectivity index (χ2n) is 3.22. The van der Waals surface area contributed by atoms with Crippen molar-refractivity contribution in [2.24, 2.45) is 5.73 Å². The molecule has 0 fully saturated rings. The zero-order chi connectivity index (χ0) is 11.4. The second-order valence-corrected chi connectivity index (χ2v) is 4.67. The minimum absolute atomic E-state index is 0.303. The molecule has 0 bridgehead atoms. The zero-order valence-corrected chi connectivity index (χ0v) is 10.9. The maximum atomic E-state index is 5.65. The number of aryl methyl sites for hydroxylation is 1. The lowest BCUT2D eigenvalue weighted by atomic mass is 10.1. The van der Waals surface area contributed by atoms with E-state index in [0.29, 0.717) is 18.2 Å². The van der Waals surface area contributed by atoms with Crippen LogP contribution in [0.4, 0.5) is 0 Å². The summed E-state index contributed by atoms with van der Waals surface area (Å²) in [6.07, 6.45) is 0. The van der Waals surface area contributed by atoms with E-state index in [1.165, 1.54) is 0 Å². The highest BCUT2D eigenvalue weighted by Crippen LogP contribution is 2.28. The summed E-state index contributed by atoms with van der Waals surface area (Å²) < 4.78 is 6.54. The van der Waals surface area contributed by atoms with E-state index in [9.17, 15) is 0 Å². The van der Waals surface area contributed by atoms with Gasteiger partial charge >= 0.3 is 0 Å². The number of rotatable bonds is 4. The summed E-state index contributed by atoms with van der Waals surface area (Å²) in [6.45, 7) is 6.28. The van der Waals surface area contributed by atoms with Crippen LogP contribution >= 0.6 is 27.5 Å². The first-order chi connectivity index (χ1) is 7.04. The third-order valence-electron chi connectivity index (χ3n) is 1.91. The number of hydrogen-bond donors (Lipinski definition) is 1. The molecule has 0 unspecified atom stereocenters. The summed E-state index contributed by atoms with van der Waals surface area (Å²) in [5.41, 5.74) is 7.63. The van der Waals surface area contributed by atoms with Gasteiger partial charge in [0.05, 0.1) is 0 Å². The Morgan fingerprint density at radius 2 is 2.27 bits per heavy atom. The molecule has 0 heterocycles. The summed E-state index contributed by atoms with van der Waals surface area (Å²) >= 11 is 9.06. The van der Waals surface area contributed by atoms with Crippen molar-refractivity contribution in [3.8, 4) is 5.75 Å². The summed E-state index contributed by atoms with van der Waals surface area (Å²) in [6, 6.07) is 3.92. The van der Waals surface area contributed by atoms with Crippen molar-refractivity contribution in [3.63, 3.8) is 0 Å². The number of hydrogen-bond acceptors (Lipinski definition) is 2. The Hall–Kier alpha value is -0.510. The fourth-order valence-electron chi connectivity index (χ4n) is 1.31. The predicted octanol–water partition coefficient (Wildman–Crippen LogP) is 3.35. The van der Waals surface area contributed by atoms with E-state index < -0.39 is 0 Å². The predicted molar refractivity (Wildman–Crippen MR) is 67.3 cm³/mol. The molecule has 0 aliphatic heterocycles. The molecule has 1 aromatic rings. The minimum atomic E-state index is 0.303. The number of halogens is 2. The number of benzene rings is 1. The van der Waals surface area contributed by atoms with Crippen molar-refractivity contribution >= 4 is 27.5 Å². The SMILES string of the molecule is C=C(Cl)COc1c(C)cc(Br)cc1CN. The van der Waals surface area contributed by atoms with Crippen LogP contribution in [0.5, 0.6) is 5.75 Å². The van der Waals surface area contributed by atoms with Crippen LogP contribution in [0.25, 0.3) is 0 Å². The molecule has 0 atom stereocenters. The average Bonchev–Trinajstić information content (AvgIpc) is 2.14. The highest BCUT2D eigenvalue weighted by atomic mass is 79.9. The van der Waals surface area contributed by atoms with Crippen molar-refractivity contribution in [1.29, 1.82) is 0 Å². The smallest absolute Gasteiger partial charge is 0.127 e. The van der Waals surface area contributed by atoms with E-state index in [-0.39, 0.29) is 0 Å². The lowest BCUT2D eigenvalue weighted by Crippen LogP contribution is -2.05. The molecule has 0 aliphatic carbocycles. The molecule has 0 radical (unpaired) electrons. The molecular formula is C11H13BrClNO. The molecule has 0 aliphatic rings. The molecule has 2 nitrogen and oxygen atoms in total. The van der Waals surface area contributed by atoms with Gasteiger partial charge in [-0.2, -0.15) is 0 Å². The topological polar surface area (TPSA) is 35.2 Å². The minimum Gasteiger partial charge on any atom is -0.487 e. The Morgan fingerprint density at radius 3 is 2.80 bits per heavy atom. The van der Waals surface area contributed by atoms with Gasteiger partial charge < -0.3 is 10.5 Å². The highest BCUT2D eigenvalue weighted by molar-refractivity contribution is 9.10. The monoisotopic (exact) mass is 289 g/mol. The maximum absolute atomic E-state index is 5.65. The van der Waals surface area contributed by atoms with Crippen LogP contribution in [-0.2, 0) is 6.54 Å². The number of nitrogens with two attached hydrogens (primary N) is 1. The van der Waals surface area contributed by atoms with E-state index in [1.807, 2.05) is 19.1 Å². The molecule has 15 heavy (non-hydrogen) atoms. The van der Waals surface area contributed by atoms with Gasteiger partial charge in [0.2, 0.25) is 0 Å². The third-order valence-corrected chi connectivity index (χ3v) is 2.48. The van der Waals surface area contributed by atoms with Crippen LogP contribution in [0.15, 0.2) is 28.2 Å². The summed E-state index contributed by atoms with van der Waals surface area (Å²) in [7, 11) is 0. The van der Waals surface area contributed by atoms with Crippen molar-refractivity contribution < 1.29 is 4.74 Å². The standard InChI is InChI=1S/C11H13BrClNO/c1-7-3-10(12)4-9(5-14)11(7)15-6-8(2)13/h3-4H,2,5-6,14H2,1H3. The molecule has 82 valence electrons. The van der Waals surface area contributed by atoms with Crippen molar-refractivity contribution in [2.45, 2.75) is 13.5 Å². The van der Waals surface area contributed by atoms with Crippen LogP contribution in [-0.4, -0.2) is 6.61 Å². The van der Waals surface area contributed by atoms with Gasteiger partial charge in [-0.25, -0.2) is 0 Å². The zero-order valence-electron chi connectivity index (χ0n) is 8.52. The first-order valence-corrected chi connectivity index (χ1v) is 5.67. The van der Waals surface area contributed by atoms with Crippen LogP contribution in [0.3, 0.4) is 0 Å². The van der Waals surface area contributed by atoms with E-state index >= 15 is 0 Å². The summed E-state index contributed by atoms with van der Waals surface area (Å²) in [4.78, 5) is 0. The summed E-state index contributed by atoms with van der Waals surface area (Å²) in [5, 5.41) is 0.472. The Morgan fingerprint density at radius 1 is 1.60 bits per heavy atom. The van der Waals surface area contributed by atoms with E-state index in [4.69, 9.17) is 22.1 Å². The first-order valence-electron chi connectivity index (χ1n) is 4.49. The van der Waals surface area contributed by atoms with Gasteiger partial charge in [0.25, 0.3) is 0 Å². The largest absolute Gasteiger partial charge is 0.487 e. The average molecular weight is 291 g/mol. The second kappa shape index (κ2) is 5.54. The molecule has 2 N–H and O–H groups in total. The Kier molecular flexibility index (Phi) is 4.64.